The molecule has 0 fully saturated rings. The Morgan fingerprint density at radius 2 is 1.00 bits per heavy atom. The monoisotopic (exact) mass is 414 g/mol. The molecule has 3 aliphatic rings. The summed E-state index contributed by atoms with van der Waals surface area (Å²) in [7, 11) is -2.03. The summed E-state index contributed by atoms with van der Waals surface area (Å²) in [5, 5.41) is -0.0865. The maximum atomic E-state index is 2.57. The molecule has 0 radical (unpaired) electrons. The predicted octanol–water partition coefficient (Wildman–Crippen LogP) is 7.33. The molecule has 0 aliphatic heterocycles. The number of hydrogen-bond acceptors (Lipinski definition) is 0. The van der Waals surface area contributed by atoms with Crippen molar-refractivity contribution >= 4 is 14.1 Å². The first-order chi connectivity index (χ1) is 15.1. The summed E-state index contributed by atoms with van der Waals surface area (Å²) in [6.07, 6.45) is 2.36. The lowest BCUT2D eigenvalue weighted by atomic mass is 9.60. The first-order valence-corrected chi connectivity index (χ1v) is 14.2. The van der Waals surface area contributed by atoms with Crippen LogP contribution in [0.25, 0.3) is 6.08 Å². The second-order valence-electron chi connectivity index (χ2n) is 9.41. The SMILES string of the molecule is C[Si](C)(/C=C\c1ccccc1)C12c3ccccc3C(c3ccccc31)c1ccccc12. The Morgan fingerprint density at radius 1 is 0.581 bits per heavy atom. The Morgan fingerprint density at radius 3 is 1.48 bits per heavy atom. The van der Waals surface area contributed by atoms with Crippen LogP contribution in [0.2, 0.25) is 13.1 Å². The van der Waals surface area contributed by atoms with Crippen molar-refractivity contribution in [3.05, 3.63) is 148 Å². The predicted molar refractivity (Wildman–Crippen MR) is 133 cm³/mol. The molecule has 0 saturated carbocycles. The van der Waals surface area contributed by atoms with Gasteiger partial charge in [0, 0.05) is 11.0 Å². The van der Waals surface area contributed by atoms with Crippen molar-refractivity contribution in [2.45, 2.75) is 24.1 Å². The summed E-state index contributed by atoms with van der Waals surface area (Å²) in [6.45, 7) is 5.09. The Labute approximate surface area is 185 Å². The molecule has 0 unspecified atom stereocenters. The minimum atomic E-state index is -2.03. The number of rotatable bonds is 3. The minimum absolute atomic E-state index is 0.0865. The lowest BCUT2D eigenvalue weighted by Gasteiger charge is -2.56. The smallest absolute Gasteiger partial charge is 0.0925 e. The van der Waals surface area contributed by atoms with E-state index in [9.17, 15) is 0 Å². The zero-order valence-corrected chi connectivity index (χ0v) is 19.0. The normalized spacial score (nSPS) is 20.9. The highest BCUT2D eigenvalue weighted by molar-refractivity contribution is 6.87. The van der Waals surface area contributed by atoms with Gasteiger partial charge in [-0.15, -0.1) is 0 Å². The molecule has 2 bridgehead atoms. The third-order valence-electron chi connectivity index (χ3n) is 7.49. The molecule has 0 N–H and O–H groups in total. The Bertz CT molecular complexity index is 1200. The molecule has 0 atom stereocenters. The van der Waals surface area contributed by atoms with Crippen molar-refractivity contribution in [3.63, 3.8) is 0 Å². The van der Waals surface area contributed by atoms with Crippen LogP contribution >= 0.6 is 0 Å². The molecule has 0 spiro atoms. The van der Waals surface area contributed by atoms with Crippen LogP contribution in [0.1, 0.15) is 44.9 Å². The van der Waals surface area contributed by atoms with E-state index in [1.165, 1.54) is 38.9 Å². The highest BCUT2D eigenvalue weighted by Crippen LogP contribution is 2.62. The van der Waals surface area contributed by atoms with E-state index < -0.39 is 8.07 Å². The fourth-order valence-corrected chi connectivity index (χ4v) is 9.87. The van der Waals surface area contributed by atoms with Gasteiger partial charge in [-0.05, 0) is 38.9 Å². The average Bonchev–Trinajstić information content (AvgIpc) is 2.83. The van der Waals surface area contributed by atoms with Crippen molar-refractivity contribution in [2.24, 2.45) is 0 Å². The van der Waals surface area contributed by atoms with Crippen molar-refractivity contribution in [2.75, 3.05) is 0 Å². The maximum Gasteiger partial charge on any atom is 0.0930 e. The van der Waals surface area contributed by atoms with Gasteiger partial charge in [0.25, 0.3) is 0 Å². The van der Waals surface area contributed by atoms with E-state index >= 15 is 0 Å². The zero-order chi connectivity index (χ0) is 21.1. The zero-order valence-electron chi connectivity index (χ0n) is 18.0. The topological polar surface area (TPSA) is 0 Å². The van der Waals surface area contributed by atoms with Gasteiger partial charge < -0.3 is 0 Å². The van der Waals surface area contributed by atoms with Crippen LogP contribution in [0.4, 0.5) is 0 Å². The first-order valence-electron chi connectivity index (χ1n) is 11.2. The summed E-state index contributed by atoms with van der Waals surface area (Å²) in [6, 6.07) is 38.4. The van der Waals surface area contributed by atoms with Crippen LogP contribution in [0.15, 0.2) is 109 Å². The van der Waals surface area contributed by atoms with Crippen molar-refractivity contribution in [1.29, 1.82) is 0 Å². The van der Waals surface area contributed by atoms with Crippen molar-refractivity contribution < 1.29 is 0 Å². The summed E-state index contributed by atoms with van der Waals surface area (Å²) in [5.41, 5.74) is 12.9. The van der Waals surface area contributed by atoms with E-state index in [1.54, 1.807) is 0 Å². The first kappa shape index (κ1) is 18.6. The third kappa shape index (κ3) is 2.41. The fraction of sp³-hybridized carbons (Fsp3) is 0.133. The van der Waals surface area contributed by atoms with Crippen LogP contribution in [0.5, 0.6) is 0 Å². The van der Waals surface area contributed by atoms with E-state index in [-0.39, 0.29) is 5.04 Å². The van der Waals surface area contributed by atoms with Gasteiger partial charge in [0.1, 0.15) is 0 Å². The standard InChI is InChI=1S/C30H26Si/c1-31(2,21-20-22-12-4-3-5-13-22)30-26-17-9-6-14-23(26)29(24-15-7-10-18-27(24)30)25-16-8-11-19-28(25)30/h3-21,29H,1-2H3/b21-20-. The second-order valence-corrected chi connectivity index (χ2v) is 13.9. The van der Waals surface area contributed by atoms with E-state index in [2.05, 4.69) is 128 Å². The summed E-state index contributed by atoms with van der Waals surface area (Å²) < 4.78 is 0. The molecule has 1 heteroatoms. The van der Waals surface area contributed by atoms with Gasteiger partial charge in [-0.1, -0.05) is 128 Å². The van der Waals surface area contributed by atoms with Gasteiger partial charge in [0.15, 0.2) is 0 Å². The summed E-state index contributed by atoms with van der Waals surface area (Å²) >= 11 is 0. The minimum Gasteiger partial charge on any atom is -0.0925 e. The molecule has 0 heterocycles. The van der Waals surface area contributed by atoms with Gasteiger partial charge in [-0.2, -0.15) is 0 Å². The van der Waals surface area contributed by atoms with E-state index in [0.29, 0.717) is 5.92 Å². The van der Waals surface area contributed by atoms with Crippen molar-refractivity contribution in [1.82, 2.24) is 0 Å². The maximum absolute atomic E-state index is 2.57. The molecule has 3 aliphatic carbocycles. The molecule has 0 nitrogen and oxygen atoms in total. The average molecular weight is 415 g/mol. The van der Waals surface area contributed by atoms with Gasteiger partial charge in [0.2, 0.25) is 0 Å². The number of hydrogen-bond donors (Lipinski definition) is 0. The van der Waals surface area contributed by atoms with Gasteiger partial charge >= 0.3 is 0 Å². The van der Waals surface area contributed by atoms with Gasteiger partial charge in [-0.3, -0.25) is 0 Å². The molecule has 0 aromatic heterocycles. The summed E-state index contributed by atoms with van der Waals surface area (Å²) in [4.78, 5) is 0. The lowest BCUT2D eigenvalue weighted by molar-refractivity contribution is 0.683. The summed E-state index contributed by atoms with van der Waals surface area (Å²) in [5.74, 6) is 0.341. The Kier molecular flexibility index (Phi) is 4.00. The molecule has 4 aromatic carbocycles. The van der Waals surface area contributed by atoms with E-state index in [1.807, 2.05) is 0 Å². The van der Waals surface area contributed by atoms with Crippen LogP contribution in [-0.2, 0) is 5.04 Å². The quantitative estimate of drug-likeness (QED) is 0.308. The van der Waals surface area contributed by atoms with Gasteiger partial charge in [-0.25, -0.2) is 0 Å². The van der Waals surface area contributed by atoms with E-state index in [4.69, 9.17) is 0 Å². The third-order valence-corrected chi connectivity index (χ3v) is 11.2. The van der Waals surface area contributed by atoms with Crippen LogP contribution in [-0.4, -0.2) is 8.07 Å². The molecule has 4 aromatic rings. The molecule has 150 valence electrons. The largest absolute Gasteiger partial charge is 0.0930 e. The second kappa shape index (κ2) is 6.67. The Hall–Kier alpha value is -3.16. The van der Waals surface area contributed by atoms with Crippen LogP contribution < -0.4 is 0 Å². The fourth-order valence-electron chi connectivity index (χ4n) is 6.24. The highest BCUT2D eigenvalue weighted by atomic mass is 28.3. The molecule has 31 heavy (non-hydrogen) atoms. The molecular weight excluding hydrogens is 388 g/mol. The van der Waals surface area contributed by atoms with Crippen molar-refractivity contribution in [3.8, 4) is 0 Å². The highest BCUT2D eigenvalue weighted by Gasteiger charge is 2.58. The lowest BCUT2D eigenvalue weighted by Crippen LogP contribution is -2.57. The van der Waals surface area contributed by atoms with Gasteiger partial charge in [0.05, 0.1) is 8.07 Å². The molecular formula is C30H26Si. The Balaban J connectivity index is 1.70. The molecule has 7 rings (SSSR count). The van der Waals surface area contributed by atoms with Crippen LogP contribution in [0, 0.1) is 0 Å². The molecule has 0 saturated heterocycles. The van der Waals surface area contributed by atoms with E-state index in [0.717, 1.165) is 0 Å². The molecule has 0 amide bonds. The number of benzene rings is 4. The van der Waals surface area contributed by atoms with Crippen LogP contribution in [0.3, 0.4) is 0 Å².